The lowest BCUT2D eigenvalue weighted by atomic mass is 10.2. The molecule has 0 bridgehead atoms. The van der Waals surface area contributed by atoms with Crippen LogP contribution < -0.4 is 5.32 Å². The average Bonchev–Trinajstić information content (AvgIpc) is 3.04. The van der Waals surface area contributed by atoms with Crippen LogP contribution in [0.5, 0.6) is 0 Å². The zero-order chi connectivity index (χ0) is 18.0. The Kier molecular flexibility index (Phi) is 5.59. The number of carbonyl (C=O) groups excluding carboxylic acids is 1. The van der Waals surface area contributed by atoms with E-state index in [1.54, 1.807) is 31.2 Å². The van der Waals surface area contributed by atoms with Crippen molar-refractivity contribution in [3.05, 3.63) is 44.6 Å². The molecule has 134 valence electrons. The number of ether oxygens (including phenoxy) is 1. The molecule has 9 heteroatoms. The van der Waals surface area contributed by atoms with Crippen LogP contribution in [0.3, 0.4) is 0 Å². The van der Waals surface area contributed by atoms with Crippen molar-refractivity contribution in [3.63, 3.8) is 0 Å². The number of carbonyl (C=O) groups is 1. The van der Waals surface area contributed by atoms with E-state index in [-0.39, 0.29) is 10.8 Å². The predicted molar refractivity (Wildman–Crippen MR) is 101 cm³/mol. The summed E-state index contributed by atoms with van der Waals surface area (Å²) in [4.78, 5) is 13.0. The maximum Gasteiger partial charge on any atom is 0.265 e. The van der Waals surface area contributed by atoms with E-state index in [1.807, 2.05) is 0 Å². The normalized spacial score (nSPS) is 15.9. The maximum absolute atomic E-state index is 12.9. The number of aryl methyl sites for hydroxylation is 1. The summed E-state index contributed by atoms with van der Waals surface area (Å²) in [5, 5.41) is 2.76. The SMILES string of the molecule is Cc1ccc(NC(=O)c2ccc(Br)s2)cc1S(=O)(=O)N1CCOCC1. The second-order valence-corrected chi connectivity index (χ2v) is 9.92. The van der Waals surface area contributed by atoms with Crippen molar-refractivity contribution in [1.82, 2.24) is 4.31 Å². The molecule has 1 aliphatic heterocycles. The van der Waals surface area contributed by atoms with Gasteiger partial charge >= 0.3 is 0 Å². The third kappa shape index (κ3) is 4.12. The lowest BCUT2D eigenvalue weighted by Gasteiger charge is -2.26. The zero-order valence-electron chi connectivity index (χ0n) is 13.5. The van der Waals surface area contributed by atoms with Crippen molar-refractivity contribution >= 4 is 48.9 Å². The number of halogens is 1. The highest BCUT2D eigenvalue weighted by Crippen LogP contribution is 2.26. The first-order chi connectivity index (χ1) is 11.9. The Morgan fingerprint density at radius 1 is 1.24 bits per heavy atom. The largest absolute Gasteiger partial charge is 0.379 e. The van der Waals surface area contributed by atoms with E-state index in [4.69, 9.17) is 4.74 Å². The summed E-state index contributed by atoms with van der Waals surface area (Å²) in [5.41, 5.74) is 1.09. The Labute approximate surface area is 159 Å². The highest BCUT2D eigenvalue weighted by molar-refractivity contribution is 9.11. The lowest BCUT2D eigenvalue weighted by molar-refractivity contribution is 0.0730. The number of nitrogens with zero attached hydrogens (tertiary/aromatic N) is 1. The Balaban J connectivity index is 1.86. The summed E-state index contributed by atoms with van der Waals surface area (Å²) >= 11 is 4.64. The van der Waals surface area contributed by atoms with Gasteiger partial charge in [-0.2, -0.15) is 4.31 Å². The number of sulfonamides is 1. The summed E-state index contributed by atoms with van der Waals surface area (Å²) in [7, 11) is -3.61. The third-order valence-electron chi connectivity index (χ3n) is 3.83. The van der Waals surface area contributed by atoms with Crippen LogP contribution >= 0.6 is 27.3 Å². The van der Waals surface area contributed by atoms with E-state index in [1.165, 1.54) is 21.7 Å². The molecule has 2 aromatic rings. The Bertz CT molecular complexity index is 889. The summed E-state index contributed by atoms with van der Waals surface area (Å²) in [6.45, 7) is 3.20. The molecule has 2 heterocycles. The molecule has 1 aromatic heterocycles. The topological polar surface area (TPSA) is 75.7 Å². The second kappa shape index (κ2) is 7.55. The minimum absolute atomic E-state index is 0.208. The third-order valence-corrected chi connectivity index (χ3v) is 7.49. The Morgan fingerprint density at radius 2 is 1.96 bits per heavy atom. The summed E-state index contributed by atoms with van der Waals surface area (Å²) < 4.78 is 33.2. The van der Waals surface area contributed by atoms with Crippen molar-refractivity contribution in [2.45, 2.75) is 11.8 Å². The molecule has 0 aliphatic carbocycles. The van der Waals surface area contributed by atoms with Crippen LogP contribution in [0.15, 0.2) is 39.0 Å². The van der Waals surface area contributed by atoms with Gasteiger partial charge in [-0.3, -0.25) is 4.79 Å². The van der Waals surface area contributed by atoms with Gasteiger partial charge in [-0.25, -0.2) is 8.42 Å². The second-order valence-electron chi connectivity index (χ2n) is 5.55. The monoisotopic (exact) mass is 444 g/mol. The molecule has 1 aromatic carbocycles. The van der Waals surface area contributed by atoms with Crippen LogP contribution in [0, 0.1) is 6.92 Å². The van der Waals surface area contributed by atoms with Crippen LogP contribution in [0.2, 0.25) is 0 Å². The molecule has 0 unspecified atom stereocenters. The predicted octanol–water partition coefficient (Wildman–Crippen LogP) is 3.09. The van der Waals surface area contributed by atoms with Crippen LogP contribution in [0.1, 0.15) is 15.2 Å². The molecule has 0 radical (unpaired) electrons. The van der Waals surface area contributed by atoms with Gasteiger partial charge in [-0.1, -0.05) is 6.07 Å². The number of morpholine rings is 1. The van der Waals surface area contributed by atoms with Gasteiger partial charge in [-0.05, 0) is 52.7 Å². The van der Waals surface area contributed by atoms with Crippen molar-refractivity contribution in [1.29, 1.82) is 0 Å². The van der Waals surface area contributed by atoms with Gasteiger partial charge in [0.05, 0.1) is 26.8 Å². The summed E-state index contributed by atoms with van der Waals surface area (Å²) in [5.74, 6) is -0.269. The molecule has 0 atom stereocenters. The number of amides is 1. The molecule has 0 spiro atoms. The van der Waals surface area contributed by atoms with E-state index < -0.39 is 10.0 Å². The van der Waals surface area contributed by atoms with Gasteiger partial charge in [0.1, 0.15) is 0 Å². The van der Waals surface area contributed by atoms with Crippen LogP contribution in [0.4, 0.5) is 5.69 Å². The molecule has 3 rings (SSSR count). The fraction of sp³-hybridized carbons (Fsp3) is 0.312. The molecule has 1 amide bonds. The highest BCUT2D eigenvalue weighted by atomic mass is 79.9. The van der Waals surface area contributed by atoms with E-state index in [0.717, 1.165) is 3.79 Å². The molecule has 1 N–H and O–H groups in total. The number of benzene rings is 1. The van der Waals surface area contributed by atoms with Gasteiger partial charge in [0.2, 0.25) is 10.0 Å². The van der Waals surface area contributed by atoms with Gasteiger partial charge in [-0.15, -0.1) is 11.3 Å². The van der Waals surface area contributed by atoms with Crippen molar-refractivity contribution < 1.29 is 17.9 Å². The number of rotatable bonds is 4. The van der Waals surface area contributed by atoms with E-state index >= 15 is 0 Å². The van der Waals surface area contributed by atoms with Gasteiger partial charge in [0, 0.05) is 18.8 Å². The first-order valence-corrected chi connectivity index (χ1v) is 10.7. The quantitative estimate of drug-likeness (QED) is 0.785. The fourth-order valence-electron chi connectivity index (χ4n) is 2.51. The first-order valence-electron chi connectivity index (χ1n) is 7.63. The van der Waals surface area contributed by atoms with Gasteiger partial charge in [0.15, 0.2) is 0 Å². The Hall–Kier alpha value is -1.26. The number of hydrogen-bond acceptors (Lipinski definition) is 5. The fourth-order valence-corrected chi connectivity index (χ4v) is 5.45. The molecule has 25 heavy (non-hydrogen) atoms. The van der Waals surface area contributed by atoms with Crippen LogP contribution in [-0.2, 0) is 14.8 Å². The number of thiophene rings is 1. The summed E-state index contributed by atoms with van der Waals surface area (Å²) in [6.07, 6.45) is 0. The molecule has 1 saturated heterocycles. The minimum atomic E-state index is -3.61. The maximum atomic E-state index is 12.9. The minimum Gasteiger partial charge on any atom is -0.379 e. The smallest absolute Gasteiger partial charge is 0.265 e. The van der Waals surface area contributed by atoms with Crippen molar-refractivity contribution in [3.8, 4) is 0 Å². The molecule has 6 nitrogen and oxygen atoms in total. The first kappa shape index (κ1) is 18.5. The average molecular weight is 445 g/mol. The number of nitrogens with one attached hydrogen (secondary N) is 1. The Morgan fingerprint density at radius 3 is 2.60 bits per heavy atom. The van der Waals surface area contributed by atoms with Crippen molar-refractivity contribution in [2.24, 2.45) is 0 Å². The standard InChI is InChI=1S/C16H17BrN2O4S2/c1-11-2-3-12(18-16(20)13-4-5-15(17)24-13)10-14(11)25(21,22)19-6-8-23-9-7-19/h2-5,10H,6-9H2,1H3,(H,18,20). The van der Waals surface area contributed by atoms with E-state index in [9.17, 15) is 13.2 Å². The van der Waals surface area contributed by atoms with Crippen LogP contribution in [0.25, 0.3) is 0 Å². The van der Waals surface area contributed by atoms with Crippen LogP contribution in [-0.4, -0.2) is 44.9 Å². The molecular formula is C16H17BrN2O4S2. The lowest BCUT2D eigenvalue weighted by Crippen LogP contribution is -2.40. The van der Waals surface area contributed by atoms with Gasteiger partial charge in [0.25, 0.3) is 5.91 Å². The molecule has 0 saturated carbocycles. The van der Waals surface area contributed by atoms with E-state index in [0.29, 0.717) is 42.4 Å². The molecule has 1 fully saturated rings. The summed E-state index contributed by atoms with van der Waals surface area (Å²) in [6, 6.07) is 8.43. The van der Waals surface area contributed by atoms with E-state index in [2.05, 4.69) is 21.2 Å². The number of anilines is 1. The molecular weight excluding hydrogens is 428 g/mol. The van der Waals surface area contributed by atoms with Gasteiger partial charge < -0.3 is 10.1 Å². The van der Waals surface area contributed by atoms with Crippen molar-refractivity contribution in [2.75, 3.05) is 31.6 Å². The zero-order valence-corrected chi connectivity index (χ0v) is 16.7. The number of hydrogen-bond donors (Lipinski definition) is 1. The molecule has 1 aliphatic rings. The highest BCUT2D eigenvalue weighted by Gasteiger charge is 2.28.